The molecule has 1 aliphatic rings. The normalized spacial score (nSPS) is 21.8. The summed E-state index contributed by atoms with van der Waals surface area (Å²) in [6.07, 6.45) is 6.96. The third-order valence-electron chi connectivity index (χ3n) is 3.20. The molecule has 19 heavy (non-hydrogen) atoms. The predicted octanol–water partition coefficient (Wildman–Crippen LogP) is 3.73. The fourth-order valence-electron chi connectivity index (χ4n) is 2.28. The van der Waals surface area contributed by atoms with E-state index >= 15 is 0 Å². The number of hydrogen-bond acceptors (Lipinski definition) is 2. The van der Waals surface area contributed by atoms with E-state index in [1.165, 1.54) is 0 Å². The summed E-state index contributed by atoms with van der Waals surface area (Å²) < 4.78 is 0. The molecular formula is C17H18N2. The first kappa shape index (κ1) is 13.2. The Morgan fingerprint density at radius 3 is 2.47 bits per heavy atom. The first-order chi connectivity index (χ1) is 9.31. The van der Waals surface area contributed by atoms with E-state index in [0.29, 0.717) is 0 Å². The number of hydrogen-bond donors (Lipinski definition) is 0. The molecule has 0 N–H and O–H groups in total. The van der Waals surface area contributed by atoms with Crippen LogP contribution >= 0.6 is 0 Å². The molecule has 2 nitrogen and oxygen atoms in total. The fourth-order valence-corrected chi connectivity index (χ4v) is 2.28. The third-order valence-corrected chi connectivity index (χ3v) is 3.20. The van der Waals surface area contributed by atoms with Crippen LogP contribution in [-0.4, -0.2) is 25.5 Å². The van der Waals surface area contributed by atoms with Gasteiger partial charge in [0.1, 0.15) is 0 Å². The van der Waals surface area contributed by atoms with Crippen molar-refractivity contribution in [2.24, 2.45) is 9.98 Å². The molecule has 0 fully saturated rings. The number of nitrogens with zero attached hydrogens (tertiary/aromatic N) is 2. The van der Waals surface area contributed by atoms with E-state index < -0.39 is 0 Å². The van der Waals surface area contributed by atoms with Crippen molar-refractivity contribution < 1.29 is 0 Å². The lowest BCUT2D eigenvalue weighted by molar-refractivity contribution is 1.33. The molecule has 0 aliphatic heterocycles. The van der Waals surface area contributed by atoms with Gasteiger partial charge in [0, 0.05) is 26.1 Å². The van der Waals surface area contributed by atoms with Crippen LogP contribution in [0.4, 0.5) is 0 Å². The van der Waals surface area contributed by atoms with E-state index in [9.17, 15) is 0 Å². The molecule has 96 valence electrons. The number of rotatable bonds is 2. The summed E-state index contributed by atoms with van der Waals surface area (Å²) in [7, 11) is 3.62. The van der Waals surface area contributed by atoms with Crippen LogP contribution < -0.4 is 0 Å². The second kappa shape index (κ2) is 6.10. The molecule has 0 saturated carbocycles. The van der Waals surface area contributed by atoms with Crippen molar-refractivity contribution in [3.63, 3.8) is 0 Å². The Morgan fingerprint density at radius 1 is 1.16 bits per heavy atom. The lowest BCUT2D eigenvalue weighted by Crippen LogP contribution is -2.19. The SMILES string of the molecule is C=C/C(=C1/C=CCC(=NC)C1=NC)c1ccccc1. The molecule has 0 saturated heterocycles. The van der Waals surface area contributed by atoms with Gasteiger partial charge < -0.3 is 0 Å². The van der Waals surface area contributed by atoms with Gasteiger partial charge in [-0.3, -0.25) is 9.98 Å². The molecule has 0 amide bonds. The molecule has 1 aliphatic carbocycles. The molecule has 0 heterocycles. The van der Waals surface area contributed by atoms with E-state index in [1.54, 1.807) is 0 Å². The van der Waals surface area contributed by atoms with Crippen molar-refractivity contribution in [1.29, 1.82) is 0 Å². The van der Waals surface area contributed by atoms with Crippen LogP contribution in [0.2, 0.25) is 0 Å². The maximum atomic E-state index is 4.40. The van der Waals surface area contributed by atoms with Crippen LogP contribution in [0, 0.1) is 0 Å². The summed E-state index contributed by atoms with van der Waals surface area (Å²) in [4.78, 5) is 8.73. The van der Waals surface area contributed by atoms with Gasteiger partial charge in [-0.15, -0.1) is 0 Å². The molecule has 1 aromatic rings. The van der Waals surface area contributed by atoms with Crippen LogP contribution in [0.25, 0.3) is 5.57 Å². The molecule has 1 aromatic carbocycles. The van der Waals surface area contributed by atoms with Gasteiger partial charge in [-0.1, -0.05) is 55.1 Å². The van der Waals surface area contributed by atoms with E-state index in [-0.39, 0.29) is 0 Å². The number of benzene rings is 1. The van der Waals surface area contributed by atoms with Crippen LogP contribution in [0.15, 0.2) is 70.7 Å². The minimum absolute atomic E-state index is 0.839. The molecule has 0 atom stereocenters. The predicted molar refractivity (Wildman–Crippen MR) is 84.0 cm³/mol. The quantitative estimate of drug-likeness (QED) is 0.764. The number of allylic oxidation sites excluding steroid dienone is 5. The van der Waals surface area contributed by atoms with Crippen molar-refractivity contribution in [2.75, 3.05) is 14.1 Å². The van der Waals surface area contributed by atoms with Gasteiger partial charge in [0.15, 0.2) is 0 Å². The maximum absolute atomic E-state index is 4.40. The van der Waals surface area contributed by atoms with E-state index in [4.69, 9.17) is 0 Å². The summed E-state index contributed by atoms with van der Waals surface area (Å²) in [5, 5.41) is 0. The molecule has 0 radical (unpaired) electrons. The van der Waals surface area contributed by atoms with Crippen LogP contribution in [0.3, 0.4) is 0 Å². The Kier molecular flexibility index (Phi) is 4.24. The fraction of sp³-hybridized carbons (Fsp3) is 0.176. The van der Waals surface area contributed by atoms with Crippen LogP contribution in [0.1, 0.15) is 12.0 Å². The second-order valence-corrected chi connectivity index (χ2v) is 4.25. The Morgan fingerprint density at radius 2 is 1.89 bits per heavy atom. The van der Waals surface area contributed by atoms with Crippen molar-refractivity contribution in [1.82, 2.24) is 0 Å². The number of aliphatic imine (C=N–C) groups is 2. The summed E-state index contributed by atoms with van der Waals surface area (Å²) in [6, 6.07) is 10.2. The molecule has 0 unspecified atom stereocenters. The molecule has 2 rings (SSSR count). The van der Waals surface area contributed by atoms with Crippen LogP contribution in [0.5, 0.6) is 0 Å². The van der Waals surface area contributed by atoms with E-state index in [1.807, 2.05) is 38.4 Å². The highest BCUT2D eigenvalue weighted by atomic mass is 14.8. The van der Waals surface area contributed by atoms with E-state index in [0.717, 1.165) is 34.6 Å². The van der Waals surface area contributed by atoms with Crippen molar-refractivity contribution in [3.8, 4) is 0 Å². The highest BCUT2D eigenvalue weighted by Crippen LogP contribution is 2.25. The Hall–Kier alpha value is -2.22. The highest BCUT2D eigenvalue weighted by Gasteiger charge is 2.18. The third kappa shape index (κ3) is 2.63. The smallest absolute Gasteiger partial charge is 0.0862 e. The summed E-state index contributed by atoms with van der Waals surface area (Å²) in [6.45, 7) is 3.95. The van der Waals surface area contributed by atoms with Gasteiger partial charge in [-0.25, -0.2) is 0 Å². The van der Waals surface area contributed by atoms with Gasteiger partial charge in [-0.05, 0) is 11.1 Å². The Labute approximate surface area is 114 Å². The summed E-state index contributed by atoms with van der Waals surface area (Å²) in [5.41, 5.74) is 5.32. The van der Waals surface area contributed by atoms with Crippen molar-refractivity contribution >= 4 is 17.0 Å². The zero-order valence-corrected chi connectivity index (χ0v) is 11.4. The van der Waals surface area contributed by atoms with Gasteiger partial charge >= 0.3 is 0 Å². The lowest BCUT2D eigenvalue weighted by atomic mass is 9.90. The van der Waals surface area contributed by atoms with Crippen LogP contribution in [-0.2, 0) is 0 Å². The average molecular weight is 250 g/mol. The second-order valence-electron chi connectivity index (χ2n) is 4.25. The Bertz CT molecular complexity index is 587. The van der Waals surface area contributed by atoms with Gasteiger partial charge in [0.05, 0.1) is 11.4 Å². The zero-order valence-electron chi connectivity index (χ0n) is 11.4. The monoisotopic (exact) mass is 250 g/mol. The maximum Gasteiger partial charge on any atom is 0.0862 e. The average Bonchev–Trinajstić information content (AvgIpc) is 2.48. The molecular weight excluding hydrogens is 232 g/mol. The lowest BCUT2D eigenvalue weighted by Gasteiger charge is -2.17. The van der Waals surface area contributed by atoms with Gasteiger partial charge in [-0.2, -0.15) is 0 Å². The Balaban J connectivity index is 2.64. The molecule has 0 aromatic heterocycles. The van der Waals surface area contributed by atoms with Gasteiger partial charge in [0.25, 0.3) is 0 Å². The van der Waals surface area contributed by atoms with Crippen molar-refractivity contribution in [3.05, 3.63) is 66.3 Å². The molecule has 0 bridgehead atoms. The topological polar surface area (TPSA) is 24.7 Å². The molecule has 2 heteroatoms. The highest BCUT2D eigenvalue weighted by molar-refractivity contribution is 6.51. The standard InChI is InChI=1S/C17H18N2/c1-4-14(13-9-6-5-7-10-13)15-11-8-12-16(18-2)17(15)19-3/h4-11H,1,12H2,2-3H3/b15-14+,18-16?,19-17?. The molecule has 0 spiro atoms. The largest absolute Gasteiger partial charge is 0.291 e. The van der Waals surface area contributed by atoms with E-state index in [2.05, 4.69) is 40.8 Å². The minimum atomic E-state index is 0.839. The van der Waals surface area contributed by atoms with Crippen molar-refractivity contribution in [2.45, 2.75) is 6.42 Å². The summed E-state index contributed by atoms with van der Waals surface area (Å²) >= 11 is 0. The zero-order chi connectivity index (χ0) is 13.7. The minimum Gasteiger partial charge on any atom is -0.291 e. The first-order valence-corrected chi connectivity index (χ1v) is 6.33. The summed E-state index contributed by atoms with van der Waals surface area (Å²) in [5.74, 6) is 0. The first-order valence-electron chi connectivity index (χ1n) is 6.33. The van der Waals surface area contributed by atoms with Gasteiger partial charge in [0.2, 0.25) is 0 Å².